The van der Waals surface area contributed by atoms with E-state index in [2.05, 4.69) is 17.0 Å². The molecule has 1 heterocycles. The van der Waals surface area contributed by atoms with Crippen molar-refractivity contribution in [3.8, 4) is 5.75 Å². The summed E-state index contributed by atoms with van der Waals surface area (Å²) in [6.45, 7) is 1.70. The Balaban J connectivity index is 1.77. The Bertz CT molecular complexity index is 1090. The average molecular weight is 394 g/mol. The largest absolute Gasteiger partial charge is 0.481 e. The first kappa shape index (κ1) is 20.1. The lowest BCUT2D eigenvalue weighted by atomic mass is 10.1. The van der Waals surface area contributed by atoms with Crippen LogP contribution in [-0.2, 0) is 27.3 Å². The summed E-state index contributed by atoms with van der Waals surface area (Å²) in [6, 6.07) is 14.3. The highest BCUT2D eigenvalue weighted by molar-refractivity contribution is 5.91. The number of nitrogens with one attached hydrogen (secondary N) is 1. The van der Waals surface area contributed by atoms with E-state index in [1.807, 2.05) is 24.3 Å². The standard InChI is InChI=1S/C22H22N2O5/c1-3-15-7-9-16(10-8-15)23-20(25)13-24-12-11-17-18(22(24)27)5-4-6-19(17)29-14-21(26)28-2/h4-12H,3,13-14H2,1-2H3,(H,23,25). The molecule has 0 fully saturated rings. The number of hydrogen-bond acceptors (Lipinski definition) is 5. The van der Waals surface area contributed by atoms with Gasteiger partial charge in [0, 0.05) is 17.3 Å². The Morgan fingerprint density at radius 3 is 2.48 bits per heavy atom. The second-order valence-corrected chi connectivity index (χ2v) is 6.43. The summed E-state index contributed by atoms with van der Waals surface area (Å²) in [4.78, 5) is 36.4. The molecule has 0 bridgehead atoms. The maximum absolute atomic E-state index is 12.8. The van der Waals surface area contributed by atoms with Crippen LogP contribution in [-0.4, -0.2) is 30.2 Å². The van der Waals surface area contributed by atoms with Crippen molar-refractivity contribution < 1.29 is 19.1 Å². The minimum Gasteiger partial charge on any atom is -0.481 e. The number of nitrogens with zero attached hydrogens (tertiary/aromatic N) is 1. The molecule has 0 aliphatic carbocycles. The van der Waals surface area contributed by atoms with Gasteiger partial charge >= 0.3 is 5.97 Å². The molecule has 150 valence electrons. The Labute approximate surface area is 167 Å². The van der Waals surface area contributed by atoms with Gasteiger partial charge in [-0.1, -0.05) is 25.1 Å². The number of ether oxygens (including phenoxy) is 2. The molecule has 7 nitrogen and oxygen atoms in total. The maximum Gasteiger partial charge on any atom is 0.343 e. The number of carbonyl (C=O) groups excluding carboxylic acids is 2. The molecule has 0 atom stereocenters. The zero-order valence-corrected chi connectivity index (χ0v) is 16.3. The minimum atomic E-state index is -0.515. The van der Waals surface area contributed by atoms with Gasteiger partial charge in [-0.15, -0.1) is 0 Å². The van der Waals surface area contributed by atoms with Crippen LogP contribution in [0.4, 0.5) is 5.69 Å². The third-order valence-corrected chi connectivity index (χ3v) is 4.51. The first-order valence-electron chi connectivity index (χ1n) is 9.22. The Hall–Kier alpha value is -3.61. The molecule has 1 amide bonds. The van der Waals surface area contributed by atoms with Crippen molar-refractivity contribution in [2.24, 2.45) is 0 Å². The molecule has 0 unspecified atom stereocenters. The van der Waals surface area contributed by atoms with E-state index in [1.54, 1.807) is 24.3 Å². The molecule has 1 aromatic heterocycles. The lowest BCUT2D eigenvalue weighted by Gasteiger charge is -2.11. The second kappa shape index (κ2) is 9.05. The summed E-state index contributed by atoms with van der Waals surface area (Å²) in [5.41, 5.74) is 1.54. The van der Waals surface area contributed by atoms with E-state index >= 15 is 0 Å². The first-order chi connectivity index (χ1) is 14.0. The monoisotopic (exact) mass is 394 g/mol. The van der Waals surface area contributed by atoms with Gasteiger partial charge in [0.25, 0.3) is 5.56 Å². The van der Waals surface area contributed by atoms with Gasteiger partial charge in [-0.25, -0.2) is 4.79 Å². The predicted octanol–water partition coefficient (Wildman–Crippen LogP) is 2.75. The number of aryl methyl sites for hydroxylation is 1. The van der Waals surface area contributed by atoms with E-state index in [9.17, 15) is 14.4 Å². The molecule has 0 radical (unpaired) electrons. The summed E-state index contributed by atoms with van der Waals surface area (Å²) >= 11 is 0. The molecule has 2 aromatic carbocycles. The molecule has 0 aliphatic heterocycles. The van der Waals surface area contributed by atoms with Crippen LogP contribution in [0.5, 0.6) is 5.75 Å². The molecule has 0 aliphatic rings. The fourth-order valence-corrected chi connectivity index (χ4v) is 2.91. The third-order valence-electron chi connectivity index (χ3n) is 4.51. The van der Waals surface area contributed by atoms with Crippen LogP contribution in [0.1, 0.15) is 12.5 Å². The quantitative estimate of drug-likeness (QED) is 0.623. The number of amides is 1. The molecule has 3 aromatic rings. The Morgan fingerprint density at radius 1 is 1.03 bits per heavy atom. The number of methoxy groups -OCH3 is 1. The van der Waals surface area contributed by atoms with Gasteiger partial charge < -0.3 is 19.4 Å². The van der Waals surface area contributed by atoms with E-state index < -0.39 is 5.97 Å². The number of pyridine rings is 1. The maximum atomic E-state index is 12.8. The van der Waals surface area contributed by atoms with Crippen molar-refractivity contribution in [2.75, 3.05) is 19.0 Å². The number of aromatic nitrogens is 1. The van der Waals surface area contributed by atoms with Crippen LogP contribution in [0.15, 0.2) is 59.5 Å². The summed E-state index contributed by atoms with van der Waals surface area (Å²) in [5.74, 6) is -0.412. The zero-order valence-electron chi connectivity index (χ0n) is 16.3. The molecule has 0 saturated heterocycles. The van der Waals surface area contributed by atoms with Crippen LogP contribution in [0, 0.1) is 0 Å². The first-order valence-corrected chi connectivity index (χ1v) is 9.22. The summed E-state index contributed by atoms with van der Waals surface area (Å²) < 4.78 is 11.3. The van der Waals surface area contributed by atoms with E-state index in [-0.39, 0.29) is 24.6 Å². The van der Waals surface area contributed by atoms with Gasteiger partial charge in [0.15, 0.2) is 6.61 Å². The number of benzene rings is 2. The average Bonchev–Trinajstić information content (AvgIpc) is 2.74. The molecule has 7 heteroatoms. The third kappa shape index (κ3) is 4.82. The highest BCUT2D eigenvalue weighted by atomic mass is 16.6. The van der Waals surface area contributed by atoms with Crippen LogP contribution < -0.4 is 15.6 Å². The van der Waals surface area contributed by atoms with Crippen LogP contribution >= 0.6 is 0 Å². The van der Waals surface area contributed by atoms with Crippen LogP contribution in [0.2, 0.25) is 0 Å². The van der Waals surface area contributed by atoms with Crippen LogP contribution in [0.3, 0.4) is 0 Å². The molecule has 29 heavy (non-hydrogen) atoms. The lowest BCUT2D eigenvalue weighted by Crippen LogP contribution is -2.27. The molecule has 1 N–H and O–H groups in total. The van der Waals surface area contributed by atoms with Crippen molar-refractivity contribution in [3.63, 3.8) is 0 Å². The van der Waals surface area contributed by atoms with E-state index in [0.717, 1.165) is 6.42 Å². The van der Waals surface area contributed by atoms with E-state index in [0.29, 0.717) is 22.2 Å². The fourth-order valence-electron chi connectivity index (χ4n) is 2.91. The van der Waals surface area contributed by atoms with Crippen molar-refractivity contribution in [3.05, 3.63) is 70.6 Å². The summed E-state index contributed by atoms with van der Waals surface area (Å²) in [5, 5.41) is 3.75. The van der Waals surface area contributed by atoms with Gasteiger partial charge in [-0.2, -0.15) is 0 Å². The minimum absolute atomic E-state index is 0.114. The van der Waals surface area contributed by atoms with Gasteiger partial charge in [0.1, 0.15) is 12.3 Å². The predicted molar refractivity (Wildman–Crippen MR) is 110 cm³/mol. The molecule has 3 rings (SSSR count). The molecule has 0 saturated carbocycles. The topological polar surface area (TPSA) is 86.6 Å². The highest BCUT2D eigenvalue weighted by Crippen LogP contribution is 2.23. The molecule has 0 spiro atoms. The van der Waals surface area contributed by atoms with Crippen molar-refractivity contribution in [2.45, 2.75) is 19.9 Å². The van der Waals surface area contributed by atoms with E-state index in [1.165, 1.54) is 23.4 Å². The van der Waals surface area contributed by atoms with Crippen LogP contribution in [0.25, 0.3) is 10.8 Å². The summed E-state index contributed by atoms with van der Waals surface area (Å²) in [7, 11) is 1.27. The molecular formula is C22H22N2O5. The number of hydrogen-bond donors (Lipinski definition) is 1. The van der Waals surface area contributed by atoms with E-state index in [4.69, 9.17) is 4.74 Å². The number of fused-ring (bicyclic) bond motifs is 1. The van der Waals surface area contributed by atoms with Gasteiger partial charge in [0.2, 0.25) is 5.91 Å². The fraction of sp³-hybridized carbons (Fsp3) is 0.227. The van der Waals surface area contributed by atoms with Gasteiger partial charge in [-0.05, 0) is 42.3 Å². The normalized spacial score (nSPS) is 10.6. The zero-order chi connectivity index (χ0) is 20.8. The Morgan fingerprint density at radius 2 is 1.79 bits per heavy atom. The SMILES string of the molecule is CCc1ccc(NC(=O)Cn2ccc3c(OCC(=O)OC)cccc3c2=O)cc1. The molecular weight excluding hydrogens is 372 g/mol. The lowest BCUT2D eigenvalue weighted by molar-refractivity contribution is -0.142. The second-order valence-electron chi connectivity index (χ2n) is 6.43. The summed E-state index contributed by atoms with van der Waals surface area (Å²) in [6.07, 6.45) is 2.46. The number of anilines is 1. The Kier molecular flexibility index (Phi) is 6.29. The van der Waals surface area contributed by atoms with Crippen molar-refractivity contribution in [1.29, 1.82) is 0 Å². The van der Waals surface area contributed by atoms with Crippen molar-refractivity contribution >= 4 is 28.3 Å². The highest BCUT2D eigenvalue weighted by Gasteiger charge is 2.11. The van der Waals surface area contributed by atoms with Gasteiger partial charge in [0.05, 0.1) is 12.5 Å². The number of carbonyl (C=O) groups is 2. The van der Waals surface area contributed by atoms with Crippen molar-refractivity contribution in [1.82, 2.24) is 4.57 Å². The van der Waals surface area contributed by atoms with Gasteiger partial charge in [-0.3, -0.25) is 9.59 Å². The number of rotatable bonds is 7. The smallest absolute Gasteiger partial charge is 0.343 e. The number of esters is 1.